The molecule has 2 heterocycles. The minimum absolute atomic E-state index is 0.471. The van der Waals surface area contributed by atoms with Crippen LogP contribution in [-0.4, -0.2) is 40.8 Å². The largest absolute Gasteiger partial charge is 0.497 e. The van der Waals surface area contributed by atoms with Crippen LogP contribution >= 0.6 is 0 Å². The van der Waals surface area contributed by atoms with Crippen LogP contribution in [0.4, 0.5) is 5.82 Å². The molecular formula is C36H29N3O4. The first kappa shape index (κ1) is 27.5. The highest BCUT2D eigenvalue weighted by Gasteiger charge is 2.21. The number of aliphatic imine (C=N–C) groups is 2. The van der Waals surface area contributed by atoms with Crippen LogP contribution in [0.5, 0.6) is 11.5 Å². The molecule has 4 aromatic carbocycles. The Kier molecular flexibility index (Phi) is 7.70. The molecule has 5 aromatic rings. The second-order valence-corrected chi connectivity index (χ2v) is 10.0. The summed E-state index contributed by atoms with van der Waals surface area (Å²) in [7, 11) is 1.65. The summed E-state index contributed by atoms with van der Waals surface area (Å²) in [6.45, 7) is 1.50. The highest BCUT2D eigenvalue weighted by Crippen LogP contribution is 2.37. The molecule has 0 bridgehead atoms. The summed E-state index contributed by atoms with van der Waals surface area (Å²) in [5.74, 6) is 1.46. The zero-order chi connectivity index (χ0) is 29.8. The number of aromatic amines is 1. The summed E-state index contributed by atoms with van der Waals surface area (Å²) in [4.78, 5) is 24.9. The lowest BCUT2D eigenvalue weighted by Crippen LogP contribution is -2.22. The van der Waals surface area contributed by atoms with Crippen molar-refractivity contribution in [1.82, 2.24) is 4.98 Å². The fourth-order valence-electron chi connectivity index (χ4n) is 4.83. The van der Waals surface area contributed by atoms with Crippen LogP contribution in [-0.2, 0) is 4.79 Å². The first-order chi connectivity index (χ1) is 21.0. The monoisotopic (exact) mass is 567 g/mol. The number of hydrogen-bond donors (Lipinski definition) is 2. The van der Waals surface area contributed by atoms with E-state index >= 15 is 0 Å². The predicted molar refractivity (Wildman–Crippen MR) is 170 cm³/mol. The second kappa shape index (κ2) is 12.0. The van der Waals surface area contributed by atoms with Gasteiger partial charge in [0, 0.05) is 22.4 Å². The highest BCUT2D eigenvalue weighted by molar-refractivity contribution is 6.38. The Hall–Kier alpha value is -5.69. The number of aromatic nitrogens is 1. The molecule has 0 spiro atoms. The summed E-state index contributed by atoms with van der Waals surface area (Å²) in [5.41, 5.74) is 7.41. The van der Waals surface area contributed by atoms with Crippen LogP contribution in [0.3, 0.4) is 0 Å². The smallest absolute Gasteiger partial charge is 0.344 e. The Morgan fingerprint density at radius 2 is 1.40 bits per heavy atom. The Bertz CT molecular complexity index is 1840. The van der Waals surface area contributed by atoms with Crippen LogP contribution in [0.2, 0.25) is 0 Å². The fraction of sp³-hybridized carbons (Fsp3) is 0.0833. The van der Waals surface area contributed by atoms with Gasteiger partial charge in [0.25, 0.3) is 0 Å². The molecule has 7 heteroatoms. The number of carboxylic acid groups (broad SMARTS) is 1. The number of carboxylic acids is 1. The van der Waals surface area contributed by atoms with Crippen LogP contribution in [0.25, 0.3) is 28.0 Å². The summed E-state index contributed by atoms with van der Waals surface area (Å²) < 4.78 is 10.9. The average Bonchev–Trinajstić information content (AvgIpc) is 3.67. The zero-order valence-electron chi connectivity index (χ0n) is 23.7. The van der Waals surface area contributed by atoms with Crippen LogP contribution in [0.15, 0.2) is 131 Å². The molecular weight excluding hydrogens is 538 g/mol. The van der Waals surface area contributed by atoms with Gasteiger partial charge in [0.15, 0.2) is 11.9 Å². The van der Waals surface area contributed by atoms with Gasteiger partial charge in [0.1, 0.15) is 17.3 Å². The number of rotatable bonds is 9. The molecule has 0 saturated carbocycles. The molecule has 1 aliphatic rings. The molecule has 0 aliphatic carbocycles. The van der Waals surface area contributed by atoms with Crippen molar-refractivity contribution >= 4 is 28.9 Å². The minimum Gasteiger partial charge on any atom is -0.497 e. The quantitative estimate of drug-likeness (QED) is 0.190. The van der Waals surface area contributed by atoms with E-state index in [2.05, 4.69) is 23.2 Å². The molecule has 0 radical (unpaired) electrons. The first-order valence-electron chi connectivity index (χ1n) is 13.9. The lowest BCUT2D eigenvalue weighted by Gasteiger charge is -2.11. The lowest BCUT2D eigenvalue weighted by molar-refractivity contribution is -0.144. The average molecular weight is 568 g/mol. The number of amidine groups is 1. The van der Waals surface area contributed by atoms with E-state index in [9.17, 15) is 9.90 Å². The summed E-state index contributed by atoms with van der Waals surface area (Å²) >= 11 is 0. The predicted octanol–water partition coefficient (Wildman–Crippen LogP) is 7.83. The number of hydrogen-bond acceptors (Lipinski definition) is 4. The third-order valence-corrected chi connectivity index (χ3v) is 7.14. The number of carbonyl (C=O) groups is 1. The molecule has 6 rings (SSSR count). The Morgan fingerprint density at radius 3 is 2.02 bits per heavy atom. The van der Waals surface area contributed by atoms with Gasteiger partial charge < -0.3 is 19.6 Å². The van der Waals surface area contributed by atoms with Crippen molar-refractivity contribution in [2.45, 2.75) is 13.0 Å². The zero-order valence-corrected chi connectivity index (χ0v) is 23.7. The van der Waals surface area contributed by atoms with Crippen molar-refractivity contribution in [1.29, 1.82) is 0 Å². The van der Waals surface area contributed by atoms with E-state index in [1.54, 1.807) is 19.2 Å². The molecule has 1 aromatic heterocycles. The van der Waals surface area contributed by atoms with E-state index in [1.165, 1.54) is 6.92 Å². The van der Waals surface area contributed by atoms with E-state index in [1.807, 2.05) is 91.0 Å². The maximum absolute atomic E-state index is 11.2. The number of nitrogens with zero attached hydrogens (tertiary/aromatic N) is 2. The van der Waals surface area contributed by atoms with Gasteiger partial charge in [-0.25, -0.2) is 14.8 Å². The molecule has 2 N–H and O–H groups in total. The van der Waals surface area contributed by atoms with Crippen LogP contribution < -0.4 is 9.47 Å². The molecule has 212 valence electrons. The van der Waals surface area contributed by atoms with Gasteiger partial charge >= 0.3 is 5.97 Å². The van der Waals surface area contributed by atoms with E-state index < -0.39 is 12.1 Å². The molecule has 1 atom stereocenters. The molecule has 1 aliphatic heterocycles. The van der Waals surface area contributed by atoms with Gasteiger partial charge in [-0.1, -0.05) is 84.9 Å². The van der Waals surface area contributed by atoms with E-state index in [-0.39, 0.29) is 0 Å². The maximum Gasteiger partial charge on any atom is 0.344 e. The molecule has 43 heavy (non-hydrogen) atoms. The van der Waals surface area contributed by atoms with Crippen molar-refractivity contribution in [3.05, 3.63) is 132 Å². The van der Waals surface area contributed by atoms with Gasteiger partial charge in [-0.2, -0.15) is 0 Å². The molecule has 1 unspecified atom stereocenters. The Balaban J connectivity index is 1.45. The first-order valence-corrected chi connectivity index (χ1v) is 13.9. The topological polar surface area (TPSA) is 96.3 Å². The van der Waals surface area contributed by atoms with Gasteiger partial charge in [0.05, 0.1) is 12.8 Å². The van der Waals surface area contributed by atoms with Crippen LogP contribution in [0, 0.1) is 0 Å². The summed E-state index contributed by atoms with van der Waals surface area (Å²) in [6.07, 6.45) is 1.07. The van der Waals surface area contributed by atoms with E-state index in [0.717, 1.165) is 50.5 Å². The molecule has 0 fully saturated rings. The molecule has 0 amide bonds. The number of methoxy groups -OCH3 is 1. The second-order valence-electron chi connectivity index (χ2n) is 10.0. The number of allylic oxidation sites excluding steroid dienone is 1. The van der Waals surface area contributed by atoms with Crippen molar-refractivity contribution in [3.8, 4) is 33.9 Å². The number of benzene rings is 4. The fourth-order valence-corrected chi connectivity index (χ4v) is 4.83. The Morgan fingerprint density at radius 1 is 0.791 bits per heavy atom. The Labute approximate surface area is 249 Å². The van der Waals surface area contributed by atoms with Crippen molar-refractivity contribution in [2.75, 3.05) is 7.11 Å². The van der Waals surface area contributed by atoms with Gasteiger partial charge in [-0.05, 0) is 60.0 Å². The van der Waals surface area contributed by atoms with Gasteiger partial charge in [0.2, 0.25) is 0 Å². The summed E-state index contributed by atoms with van der Waals surface area (Å²) in [5, 5.41) is 9.21. The van der Waals surface area contributed by atoms with Crippen molar-refractivity contribution in [3.63, 3.8) is 0 Å². The maximum atomic E-state index is 11.2. The summed E-state index contributed by atoms with van der Waals surface area (Å²) in [6, 6.07) is 37.4. The highest BCUT2D eigenvalue weighted by atomic mass is 16.5. The molecule has 0 saturated heterocycles. The molecule has 7 nitrogen and oxygen atoms in total. The number of nitrogens with one attached hydrogen (secondary N) is 1. The number of H-pyrrole nitrogens is 1. The van der Waals surface area contributed by atoms with Crippen LogP contribution in [0.1, 0.15) is 18.1 Å². The standard InChI is InChI=1S/C36H29N3O4/c1-23(36(40)41)43-29-19-15-25(16-20-29)31-22-33(27-11-7-4-8-12-27)38-35(31)39-34-30(24-13-17-28(42-2)18-14-24)21-32(37-34)26-9-5-3-6-10-26/h3-23,37H,1-2H3,(H,40,41)/b39-35-. The normalized spacial score (nSPS) is 14.2. The van der Waals surface area contributed by atoms with E-state index in [0.29, 0.717) is 17.4 Å². The number of ether oxygens (including phenoxy) is 2. The SMILES string of the molecule is COc1ccc(-c2cc(-c3ccccc3)[nH]c2/N=C2\N=C(c3ccccc3)C=C2c2ccc(OC(C)C(=O)O)cc2)cc1. The van der Waals surface area contributed by atoms with E-state index in [4.69, 9.17) is 19.5 Å². The number of aliphatic carboxylic acids is 1. The van der Waals surface area contributed by atoms with Crippen molar-refractivity contribution in [2.24, 2.45) is 9.98 Å². The minimum atomic E-state index is -1.02. The third-order valence-electron chi connectivity index (χ3n) is 7.14. The lowest BCUT2D eigenvalue weighted by atomic mass is 10.0. The van der Waals surface area contributed by atoms with Gasteiger partial charge in [-0.15, -0.1) is 0 Å². The van der Waals surface area contributed by atoms with Gasteiger partial charge in [-0.3, -0.25) is 0 Å². The van der Waals surface area contributed by atoms with Crippen molar-refractivity contribution < 1.29 is 19.4 Å². The third kappa shape index (κ3) is 6.01.